The summed E-state index contributed by atoms with van der Waals surface area (Å²) in [5.41, 5.74) is 1.55. The summed E-state index contributed by atoms with van der Waals surface area (Å²) >= 11 is 0. The minimum atomic E-state index is -0.0337. The van der Waals surface area contributed by atoms with Crippen LogP contribution in [0.2, 0.25) is 0 Å². The smallest absolute Gasteiger partial charge is 0.229 e. The van der Waals surface area contributed by atoms with E-state index in [2.05, 4.69) is 33.6 Å². The van der Waals surface area contributed by atoms with Crippen LogP contribution in [0.4, 0.5) is 11.8 Å². The van der Waals surface area contributed by atoms with E-state index >= 15 is 0 Å². The van der Waals surface area contributed by atoms with E-state index < -0.39 is 0 Å². The maximum absolute atomic E-state index is 13.0. The number of amides is 1. The summed E-state index contributed by atoms with van der Waals surface area (Å²) in [5, 5.41) is 3.41. The third-order valence-electron chi connectivity index (χ3n) is 6.50. The van der Waals surface area contributed by atoms with Gasteiger partial charge in [-0.1, -0.05) is 18.2 Å². The van der Waals surface area contributed by atoms with Crippen molar-refractivity contribution in [2.45, 2.75) is 46.6 Å². The van der Waals surface area contributed by atoms with Gasteiger partial charge in [0, 0.05) is 32.2 Å². The number of hydrogen-bond donors (Lipinski definition) is 1. The topological polar surface area (TPSA) is 88.4 Å². The molecule has 1 fully saturated rings. The molecule has 35 heavy (non-hydrogen) atoms. The predicted octanol–water partition coefficient (Wildman–Crippen LogP) is 3.98. The maximum atomic E-state index is 13.0. The number of anilines is 2. The van der Waals surface area contributed by atoms with E-state index in [-0.39, 0.29) is 17.9 Å². The first-order valence-corrected chi connectivity index (χ1v) is 12.7. The van der Waals surface area contributed by atoms with E-state index in [0.717, 1.165) is 49.4 Å². The highest BCUT2D eigenvalue weighted by Gasteiger charge is 2.30. The number of carbonyl (C=O) groups excluding carboxylic acids is 1. The van der Waals surface area contributed by atoms with Crippen molar-refractivity contribution in [3.8, 4) is 5.75 Å². The lowest BCUT2D eigenvalue weighted by atomic mass is 9.96. The highest BCUT2D eigenvalue weighted by atomic mass is 16.5. The number of ether oxygens (including phenoxy) is 1. The number of aromatic nitrogens is 4. The molecule has 2 aromatic heterocycles. The molecule has 9 heteroatoms. The van der Waals surface area contributed by atoms with Crippen molar-refractivity contribution in [1.82, 2.24) is 24.4 Å². The predicted molar refractivity (Wildman–Crippen MR) is 139 cm³/mol. The largest absolute Gasteiger partial charge is 0.492 e. The van der Waals surface area contributed by atoms with Crippen LogP contribution in [0.5, 0.6) is 5.75 Å². The Labute approximate surface area is 207 Å². The number of carbonyl (C=O) groups is 1. The van der Waals surface area contributed by atoms with E-state index in [0.29, 0.717) is 31.5 Å². The molecule has 9 nitrogen and oxygen atoms in total. The zero-order valence-corrected chi connectivity index (χ0v) is 21.3. The number of nitrogens with one attached hydrogen (secondary N) is 1. The third-order valence-corrected chi connectivity index (χ3v) is 6.50. The number of para-hydroxylation sites is 1. The minimum absolute atomic E-state index is 0.0337. The van der Waals surface area contributed by atoms with Gasteiger partial charge < -0.3 is 24.4 Å². The van der Waals surface area contributed by atoms with Gasteiger partial charge in [0.15, 0.2) is 17.0 Å². The summed E-state index contributed by atoms with van der Waals surface area (Å²) in [5.74, 6) is 2.36. The first-order valence-electron chi connectivity index (χ1n) is 12.7. The van der Waals surface area contributed by atoms with Crippen molar-refractivity contribution >= 4 is 28.8 Å². The van der Waals surface area contributed by atoms with Gasteiger partial charge in [0.25, 0.3) is 0 Å². The van der Waals surface area contributed by atoms with E-state index in [1.54, 1.807) is 0 Å². The number of fused-ring (bicyclic) bond motifs is 1. The molecule has 3 aromatic rings. The number of imidazole rings is 1. The Morgan fingerprint density at radius 2 is 1.97 bits per heavy atom. The summed E-state index contributed by atoms with van der Waals surface area (Å²) in [7, 11) is 0. The fraction of sp³-hybridized carbons (Fsp3) is 0.538. The lowest BCUT2D eigenvalue weighted by molar-refractivity contribution is -0.135. The number of nitrogens with zero attached hydrogens (tertiary/aromatic N) is 6. The van der Waals surface area contributed by atoms with Crippen LogP contribution in [-0.4, -0.2) is 69.7 Å². The summed E-state index contributed by atoms with van der Waals surface area (Å²) in [6.07, 6.45) is 3.67. The van der Waals surface area contributed by atoms with E-state index in [4.69, 9.17) is 14.7 Å². The zero-order valence-electron chi connectivity index (χ0n) is 21.3. The van der Waals surface area contributed by atoms with Crippen molar-refractivity contribution in [1.29, 1.82) is 0 Å². The van der Waals surface area contributed by atoms with E-state index in [9.17, 15) is 4.79 Å². The summed E-state index contributed by atoms with van der Waals surface area (Å²) in [4.78, 5) is 31.5. The van der Waals surface area contributed by atoms with Crippen LogP contribution in [-0.2, 0) is 4.79 Å². The van der Waals surface area contributed by atoms with Gasteiger partial charge in [-0.25, -0.2) is 4.98 Å². The van der Waals surface area contributed by atoms with Gasteiger partial charge in [0.1, 0.15) is 12.4 Å². The van der Waals surface area contributed by atoms with Gasteiger partial charge >= 0.3 is 0 Å². The Bertz CT molecular complexity index is 1110. The maximum Gasteiger partial charge on any atom is 0.229 e. The Morgan fingerprint density at radius 1 is 1.20 bits per heavy atom. The van der Waals surface area contributed by atoms with Gasteiger partial charge in [-0.2, -0.15) is 9.97 Å². The zero-order chi connectivity index (χ0) is 24.8. The molecule has 1 unspecified atom stereocenters. The summed E-state index contributed by atoms with van der Waals surface area (Å²) in [6.45, 7) is 12.3. The highest BCUT2D eigenvalue weighted by Crippen LogP contribution is 2.28. The highest BCUT2D eigenvalue weighted by molar-refractivity contribution is 5.85. The molecule has 0 saturated carbocycles. The molecular formula is C26H37N7O2. The lowest BCUT2D eigenvalue weighted by Crippen LogP contribution is -2.45. The molecule has 0 aliphatic carbocycles. The number of benzene rings is 1. The van der Waals surface area contributed by atoms with E-state index in [1.807, 2.05) is 55.4 Å². The first-order chi connectivity index (χ1) is 17.0. The average Bonchev–Trinajstić information content (AvgIpc) is 3.32. The standard InChI is InChI=1S/C26H37N7O2/c1-5-31(6-2)25(34)20-11-10-15-32(17-20)26-29-23(22-24(30-26)33(18-28-22)19(3)4)27-14-16-35-21-12-8-7-9-13-21/h7-9,12-13,18-20H,5-6,10-11,14-17H2,1-4H3,(H,27,29,30). The van der Waals surface area contributed by atoms with Crippen LogP contribution >= 0.6 is 0 Å². The van der Waals surface area contributed by atoms with Gasteiger partial charge in [-0.15, -0.1) is 0 Å². The fourth-order valence-electron chi connectivity index (χ4n) is 4.56. The van der Waals surface area contributed by atoms with Gasteiger partial charge in [0.05, 0.1) is 18.8 Å². The van der Waals surface area contributed by atoms with Crippen molar-refractivity contribution < 1.29 is 9.53 Å². The second kappa shape index (κ2) is 11.4. The molecule has 1 N–H and O–H groups in total. The second-order valence-corrected chi connectivity index (χ2v) is 9.17. The Balaban J connectivity index is 1.55. The quantitative estimate of drug-likeness (QED) is 0.440. The molecule has 0 radical (unpaired) electrons. The number of rotatable bonds is 10. The molecule has 3 heterocycles. The normalized spacial score (nSPS) is 16.0. The van der Waals surface area contributed by atoms with Crippen molar-refractivity contribution in [3.63, 3.8) is 0 Å². The number of hydrogen-bond acceptors (Lipinski definition) is 7. The van der Waals surface area contributed by atoms with Crippen molar-refractivity contribution in [2.75, 3.05) is 49.5 Å². The van der Waals surface area contributed by atoms with Crippen LogP contribution in [0.1, 0.15) is 46.6 Å². The molecule has 188 valence electrons. The molecule has 4 rings (SSSR count). The molecule has 1 aromatic carbocycles. The summed E-state index contributed by atoms with van der Waals surface area (Å²) in [6, 6.07) is 9.98. The molecule has 1 amide bonds. The van der Waals surface area contributed by atoms with Crippen LogP contribution < -0.4 is 15.0 Å². The molecule has 1 saturated heterocycles. The first kappa shape index (κ1) is 24.8. The van der Waals surface area contributed by atoms with Crippen LogP contribution in [0.25, 0.3) is 11.2 Å². The Morgan fingerprint density at radius 3 is 2.69 bits per heavy atom. The fourth-order valence-corrected chi connectivity index (χ4v) is 4.56. The van der Waals surface area contributed by atoms with Crippen molar-refractivity contribution in [2.24, 2.45) is 5.92 Å². The van der Waals surface area contributed by atoms with E-state index in [1.165, 1.54) is 0 Å². The Hall–Kier alpha value is -3.36. The van der Waals surface area contributed by atoms with Crippen LogP contribution in [0, 0.1) is 5.92 Å². The van der Waals surface area contributed by atoms with Gasteiger partial charge in [0.2, 0.25) is 11.9 Å². The average molecular weight is 480 g/mol. The van der Waals surface area contributed by atoms with Crippen LogP contribution in [0.15, 0.2) is 36.7 Å². The SMILES string of the molecule is CCN(CC)C(=O)C1CCCN(c2nc(NCCOc3ccccc3)c3ncn(C(C)C)c3n2)C1. The number of piperidine rings is 1. The van der Waals surface area contributed by atoms with Crippen molar-refractivity contribution in [3.05, 3.63) is 36.7 Å². The molecular weight excluding hydrogens is 442 g/mol. The van der Waals surface area contributed by atoms with Gasteiger partial charge in [-0.3, -0.25) is 4.79 Å². The third kappa shape index (κ3) is 5.66. The second-order valence-electron chi connectivity index (χ2n) is 9.17. The summed E-state index contributed by atoms with van der Waals surface area (Å²) < 4.78 is 7.89. The molecule has 1 atom stereocenters. The molecule has 1 aliphatic heterocycles. The van der Waals surface area contributed by atoms with Crippen LogP contribution in [0.3, 0.4) is 0 Å². The molecule has 0 bridgehead atoms. The minimum Gasteiger partial charge on any atom is -0.492 e. The lowest BCUT2D eigenvalue weighted by Gasteiger charge is -2.34. The van der Waals surface area contributed by atoms with Gasteiger partial charge in [-0.05, 0) is 52.7 Å². The Kier molecular flexibility index (Phi) is 8.05. The molecule has 0 spiro atoms. The molecule has 1 aliphatic rings. The monoisotopic (exact) mass is 479 g/mol.